The predicted molar refractivity (Wildman–Crippen MR) is 379 cm³/mol. The minimum atomic E-state index is -0.969. The average Bonchev–Trinajstić information content (AvgIpc) is 0.773. The van der Waals surface area contributed by atoms with E-state index >= 15 is 0 Å². The molecule has 4 heterocycles. The van der Waals surface area contributed by atoms with Crippen LogP contribution in [0.5, 0.6) is 0 Å². The van der Waals surface area contributed by atoms with Crippen molar-refractivity contribution in [1.82, 2.24) is 19.6 Å². The van der Waals surface area contributed by atoms with Crippen LogP contribution in [0.15, 0.2) is 65.7 Å². The molecule has 0 aromatic heterocycles. The summed E-state index contributed by atoms with van der Waals surface area (Å²) in [5.74, 6) is -2.92. The molecule has 3 aromatic carbocycles. The highest BCUT2D eigenvalue weighted by Crippen LogP contribution is 2.45. The molecule has 4 aliphatic heterocycles. The summed E-state index contributed by atoms with van der Waals surface area (Å²) in [6.45, 7) is 35.4. The van der Waals surface area contributed by atoms with Gasteiger partial charge in [-0.05, 0) is 226 Å². The van der Waals surface area contributed by atoms with E-state index in [1.54, 1.807) is 39.5 Å². The van der Waals surface area contributed by atoms with Gasteiger partial charge in [-0.2, -0.15) is 15.8 Å². The highest BCUT2D eigenvalue weighted by molar-refractivity contribution is 6.32. The van der Waals surface area contributed by atoms with Gasteiger partial charge in [0.05, 0.1) is 31.8 Å². The molecule has 0 spiro atoms. The Morgan fingerprint density at radius 1 is 0.505 bits per heavy atom. The van der Waals surface area contributed by atoms with Crippen LogP contribution < -0.4 is 0 Å². The molecule has 0 radical (unpaired) electrons. The molecule has 21 nitrogen and oxygen atoms in total. The van der Waals surface area contributed by atoms with Crippen molar-refractivity contribution in [3.8, 4) is 18.2 Å². The molecule has 0 bridgehead atoms. The van der Waals surface area contributed by atoms with Crippen LogP contribution in [0.4, 0.5) is 19.2 Å². The van der Waals surface area contributed by atoms with E-state index in [-0.39, 0.29) is 55.0 Å². The van der Waals surface area contributed by atoms with Crippen LogP contribution in [0.2, 0.25) is 15.1 Å². The lowest BCUT2D eigenvalue weighted by atomic mass is 9.64. The van der Waals surface area contributed by atoms with E-state index in [2.05, 4.69) is 18.2 Å². The Bertz CT molecular complexity index is 3490. The first-order valence-electron chi connectivity index (χ1n) is 33.7. The van der Waals surface area contributed by atoms with Crippen molar-refractivity contribution in [3.63, 3.8) is 0 Å². The van der Waals surface area contributed by atoms with Gasteiger partial charge in [0, 0.05) is 90.1 Å². The average molecular weight is 1430 g/mol. The van der Waals surface area contributed by atoms with Crippen LogP contribution in [0.3, 0.4) is 0 Å². The van der Waals surface area contributed by atoms with Gasteiger partial charge in [0.25, 0.3) is 0 Å². The quantitative estimate of drug-likeness (QED) is 0.0808. The second kappa shape index (κ2) is 36.0. The minimum Gasteiger partial charge on any atom is -0.481 e. The van der Waals surface area contributed by atoms with Gasteiger partial charge in [-0.1, -0.05) is 71.2 Å². The van der Waals surface area contributed by atoms with Gasteiger partial charge in [0.15, 0.2) is 5.92 Å². The van der Waals surface area contributed by atoms with Gasteiger partial charge in [0.2, 0.25) is 0 Å². The maximum atomic E-state index is 12.6. The number of carboxylic acid groups (broad SMARTS) is 1. The van der Waals surface area contributed by atoms with Crippen molar-refractivity contribution in [3.05, 3.63) is 114 Å². The summed E-state index contributed by atoms with van der Waals surface area (Å²) in [4.78, 5) is 91.3. The maximum Gasteiger partial charge on any atom is 0.410 e. The predicted octanol–water partition coefficient (Wildman–Crippen LogP) is 16.2. The number of rotatable bonds is 11. The summed E-state index contributed by atoms with van der Waals surface area (Å²) in [5.41, 5.74) is 2.99. The molecule has 24 heteroatoms. The second-order valence-electron chi connectivity index (χ2n) is 29.5. The van der Waals surface area contributed by atoms with Crippen LogP contribution in [0.25, 0.3) is 0 Å². The third-order valence-corrected chi connectivity index (χ3v) is 18.7. The van der Waals surface area contributed by atoms with Crippen LogP contribution in [-0.4, -0.2) is 155 Å². The molecule has 99 heavy (non-hydrogen) atoms. The van der Waals surface area contributed by atoms with Crippen molar-refractivity contribution in [1.29, 1.82) is 15.8 Å². The molecule has 4 amide bonds. The van der Waals surface area contributed by atoms with E-state index in [9.17, 15) is 49.2 Å². The molecule has 3 aromatic rings. The van der Waals surface area contributed by atoms with Crippen LogP contribution in [-0.2, 0) is 59.0 Å². The topological polar surface area (TPSA) is 279 Å². The molecule has 7 rings (SSSR count). The number of carboxylic acids is 1. The number of halogens is 3. The first-order valence-corrected chi connectivity index (χ1v) is 34.8. The molecule has 4 fully saturated rings. The normalized spacial score (nSPS) is 16.8. The Morgan fingerprint density at radius 3 is 1.16 bits per heavy atom. The zero-order valence-electron chi connectivity index (χ0n) is 60.9. The fourth-order valence-electron chi connectivity index (χ4n) is 12.2. The largest absolute Gasteiger partial charge is 0.481 e. The summed E-state index contributed by atoms with van der Waals surface area (Å²) in [6.07, 6.45) is 3.65. The first-order chi connectivity index (χ1) is 46.0. The van der Waals surface area contributed by atoms with E-state index in [0.717, 1.165) is 56.8 Å². The standard InChI is InChI=1S/C22H29ClN2O4.C19H25ClN2O2.C19H26ClNO4.C15H22N2O4/c1-6-28-19(26)17(14-24)22(16-7-8-18(23)15(2)13-16)9-11-25(12-10-22)20(27)29-21(3,4)5;1-14-13-15(5-6-16(14)20)19(7-10-21)8-11-22(12-9-19)17(23)24-18(2,3)4;1-13-11-14(5-6-15(13)20)19(12-16(22)23)7-9-21(10-8-19)17(24)25-18(2,3)4;1-5-20-13(18)12(10-16)11-6-8-17(9-7-11)14(19)21-15(2,3)4/h7-8,13,17H,6,9-12H2,1-5H3;5-6,13H,7-9,11-12H2,1-4H3;5-6,11H,7-10,12H2,1-4H3,(H,22,23);5-9H2,1-4H3. The van der Waals surface area contributed by atoms with Gasteiger partial charge in [-0.25, -0.2) is 24.0 Å². The molecule has 1 unspecified atom stereocenters. The second-order valence-corrected chi connectivity index (χ2v) is 30.7. The first kappa shape index (κ1) is 83.6. The SMILES string of the molecule is CCOC(=O)C(C#N)=C1CCN(C(=O)OC(C)(C)C)CC1.CCOC(=O)C(C#N)C1(c2ccc(Cl)c(C)c2)CCN(C(=O)OC(C)(C)C)CC1.Cc1cc(C2(CC#N)CCN(C(=O)OC(C)(C)C)CC2)ccc1Cl.Cc1cc(C2(CC(=O)O)CCN(C(=O)OC(C)(C)C)CC2)ccc1Cl. The van der Waals surface area contributed by atoms with Gasteiger partial charge >= 0.3 is 42.3 Å². The lowest BCUT2D eigenvalue weighted by molar-refractivity contribution is -0.149. The van der Waals surface area contributed by atoms with Crippen LogP contribution in [0.1, 0.15) is 195 Å². The number of esters is 2. The smallest absolute Gasteiger partial charge is 0.410 e. The molecule has 4 saturated heterocycles. The summed E-state index contributed by atoms with van der Waals surface area (Å²) >= 11 is 18.4. The number of amides is 4. The van der Waals surface area contributed by atoms with Gasteiger partial charge < -0.3 is 53.1 Å². The number of ether oxygens (including phenoxy) is 6. The Balaban J connectivity index is 0.000000282. The minimum absolute atomic E-state index is 0.0379. The highest BCUT2D eigenvalue weighted by Gasteiger charge is 2.49. The summed E-state index contributed by atoms with van der Waals surface area (Å²) in [5, 5.41) is 39.7. The number of hydrogen-bond acceptors (Lipinski definition) is 16. The number of piperidine rings is 4. The number of aryl methyl sites for hydroxylation is 3. The van der Waals surface area contributed by atoms with E-state index in [0.29, 0.717) is 107 Å². The Hall–Kier alpha value is -7.77. The van der Waals surface area contributed by atoms with Gasteiger partial charge in [0.1, 0.15) is 34.0 Å². The van der Waals surface area contributed by atoms with E-state index in [1.165, 1.54) is 0 Å². The maximum absolute atomic E-state index is 12.6. The lowest BCUT2D eigenvalue weighted by Gasteiger charge is -2.44. The van der Waals surface area contributed by atoms with Crippen molar-refractivity contribution in [2.75, 3.05) is 65.6 Å². The Morgan fingerprint density at radius 2 is 0.838 bits per heavy atom. The van der Waals surface area contributed by atoms with E-state index < -0.39 is 57.1 Å². The van der Waals surface area contributed by atoms with Crippen molar-refractivity contribution in [2.24, 2.45) is 5.92 Å². The Labute approximate surface area is 600 Å². The Kier molecular flexibility index (Phi) is 30.4. The van der Waals surface area contributed by atoms with Crippen LogP contribution in [0, 0.1) is 60.7 Å². The number of carbonyl (C=O) groups is 7. The van der Waals surface area contributed by atoms with Crippen molar-refractivity contribution in [2.45, 2.75) is 221 Å². The molecule has 1 N–H and O–H groups in total. The zero-order valence-corrected chi connectivity index (χ0v) is 63.2. The number of carbonyl (C=O) groups excluding carboxylic acids is 6. The third kappa shape index (κ3) is 24.8. The number of benzene rings is 3. The zero-order chi connectivity index (χ0) is 74.6. The number of hydrogen-bond donors (Lipinski definition) is 1. The molecule has 0 aliphatic carbocycles. The van der Waals surface area contributed by atoms with E-state index in [4.69, 9.17) is 68.5 Å². The monoisotopic (exact) mass is 1430 g/mol. The van der Waals surface area contributed by atoms with Crippen molar-refractivity contribution >= 4 is 77.1 Å². The summed E-state index contributed by atoms with van der Waals surface area (Å²) < 4.78 is 31.7. The fourth-order valence-corrected chi connectivity index (χ4v) is 12.5. The van der Waals surface area contributed by atoms with Crippen LogP contribution >= 0.6 is 34.8 Å². The number of aliphatic carboxylic acids is 1. The fraction of sp³-hybridized carbons (Fsp3) is 0.600. The number of nitrogens with zero attached hydrogens (tertiary/aromatic N) is 7. The molecule has 542 valence electrons. The molecular formula is C75H102Cl3N7O14. The highest BCUT2D eigenvalue weighted by atomic mass is 35.5. The summed E-state index contributed by atoms with van der Waals surface area (Å²) in [7, 11) is 0. The number of nitriles is 3. The number of likely N-dealkylation sites (tertiary alicyclic amines) is 4. The molecular weight excluding hydrogens is 1330 g/mol. The molecule has 0 saturated carbocycles. The summed E-state index contributed by atoms with van der Waals surface area (Å²) in [6, 6.07) is 23.6. The van der Waals surface area contributed by atoms with Crippen molar-refractivity contribution < 1.29 is 67.1 Å². The van der Waals surface area contributed by atoms with Gasteiger partial charge in [-0.3, -0.25) is 9.59 Å². The van der Waals surface area contributed by atoms with E-state index in [1.807, 2.05) is 152 Å². The lowest BCUT2D eigenvalue weighted by Crippen LogP contribution is -2.51. The third-order valence-electron chi connectivity index (χ3n) is 17.4. The molecule has 4 aliphatic rings. The van der Waals surface area contributed by atoms with Gasteiger partial charge in [-0.15, -0.1) is 0 Å². The molecule has 1 atom stereocenters.